The van der Waals surface area contributed by atoms with Crippen LogP contribution in [0.3, 0.4) is 0 Å². The number of hydrogen-bond acceptors (Lipinski definition) is 6. The molecule has 0 aliphatic heterocycles. The molecule has 2 amide bonds. The lowest BCUT2D eigenvalue weighted by Crippen LogP contribution is -2.35. The number of anilines is 1. The first kappa shape index (κ1) is 17.7. The Balaban J connectivity index is 1.47. The largest absolute Gasteiger partial charge is 0.353 e. The highest BCUT2D eigenvalue weighted by Gasteiger charge is 2.34. The van der Waals surface area contributed by atoms with E-state index in [1.165, 1.54) is 48.8 Å². The summed E-state index contributed by atoms with van der Waals surface area (Å²) in [6.45, 7) is 1.56. The van der Waals surface area contributed by atoms with Gasteiger partial charge >= 0.3 is 0 Å². The van der Waals surface area contributed by atoms with Crippen LogP contribution >= 0.6 is 23.1 Å². The molecule has 0 saturated heterocycles. The maximum atomic E-state index is 12.1. The molecule has 2 aliphatic rings. The number of aromatic nitrogens is 2. The third kappa shape index (κ3) is 4.92. The number of carbonyl (C=O) groups excluding carboxylic acids is 2. The Hall–Kier alpha value is -1.15. The zero-order chi connectivity index (χ0) is 16.9. The lowest BCUT2D eigenvalue weighted by atomic mass is 10.1. The van der Waals surface area contributed by atoms with Crippen molar-refractivity contribution < 1.29 is 9.59 Å². The second-order valence-corrected chi connectivity index (χ2v) is 8.69. The molecule has 1 aromatic rings. The van der Waals surface area contributed by atoms with E-state index in [9.17, 15) is 9.59 Å². The third-order valence-corrected chi connectivity index (χ3v) is 6.46. The molecule has 6 nitrogen and oxygen atoms in total. The molecule has 0 bridgehead atoms. The smallest absolute Gasteiger partial charge is 0.230 e. The number of amides is 2. The van der Waals surface area contributed by atoms with Gasteiger partial charge in [-0.3, -0.25) is 14.5 Å². The summed E-state index contributed by atoms with van der Waals surface area (Å²) < 4.78 is 0.743. The van der Waals surface area contributed by atoms with Crippen LogP contribution in [0.4, 0.5) is 5.13 Å². The first-order valence-electron chi connectivity index (χ1n) is 8.69. The van der Waals surface area contributed by atoms with Gasteiger partial charge in [0.2, 0.25) is 16.9 Å². The summed E-state index contributed by atoms with van der Waals surface area (Å²) in [5.41, 5.74) is 0. The molecule has 2 aliphatic carbocycles. The van der Waals surface area contributed by atoms with Gasteiger partial charge in [-0.1, -0.05) is 48.8 Å². The Labute approximate surface area is 150 Å². The van der Waals surface area contributed by atoms with Gasteiger partial charge in [0.1, 0.15) is 0 Å². The fourth-order valence-corrected chi connectivity index (χ4v) is 4.83. The van der Waals surface area contributed by atoms with Gasteiger partial charge in [0.05, 0.1) is 5.75 Å². The van der Waals surface area contributed by atoms with Crippen molar-refractivity contribution >= 4 is 40.0 Å². The predicted octanol–water partition coefficient (Wildman–Crippen LogP) is 2.98. The van der Waals surface area contributed by atoms with Crippen molar-refractivity contribution in [3.8, 4) is 0 Å². The number of rotatable bonds is 6. The standard InChI is InChI=1S/C16H24N4O2S2/c1-11(21)20(13-8-9-13)15-18-19-16(24-15)23-10-14(22)17-12-6-4-2-3-5-7-12/h12-13H,2-10H2,1H3,(H,17,22). The van der Waals surface area contributed by atoms with Gasteiger partial charge in [-0.05, 0) is 25.7 Å². The highest BCUT2D eigenvalue weighted by Crippen LogP contribution is 2.35. The molecule has 1 aromatic heterocycles. The summed E-state index contributed by atoms with van der Waals surface area (Å²) >= 11 is 2.79. The summed E-state index contributed by atoms with van der Waals surface area (Å²) in [6.07, 6.45) is 9.23. The van der Waals surface area contributed by atoms with Gasteiger partial charge in [-0.2, -0.15) is 0 Å². The Morgan fingerprint density at radius 1 is 1.17 bits per heavy atom. The van der Waals surface area contributed by atoms with E-state index in [4.69, 9.17) is 0 Å². The van der Waals surface area contributed by atoms with Gasteiger partial charge in [0.25, 0.3) is 0 Å². The summed E-state index contributed by atoms with van der Waals surface area (Å²) in [5.74, 6) is 0.430. The molecule has 8 heteroatoms. The average Bonchev–Trinajstić information content (AvgIpc) is 3.30. The van der Waals surface area contributed by atoms with Gasteiger partial charge in [-0.25, -0.2) is 0 Å². The molecule has 3 rings (SSSR count). The Kier molecular flexibility index (Phi) is 6.10. The highest BCUT2D eigenvalue weighted by atomic mass is 32.2. The molecule has 24 heavy (non-hydrogen) atoms. The molecule has 2 fully saturated rings. The van der Waals surface area contributed by atoms with Crippen LogP contribution in [0.2, 0.25) is 0 Å². The van der Waals surface area contributed by atoms with Gasteiger partial charge in [0, 0.05) is 19.0 Å². The van der Waals surface area contributed by atoms with Crippen LogP contribution in [0.1, 0.15) is 58.3 Å². The van der Waals surface area contributed by atoms with E-state index >= 15 is 0 Å². The third-order valence-electron chi connectivity index (χ3n) is 4.40. The van der Waals surface area contributed by atoms with Crippen molar-refractivity contribution in [2.24, 2.45) is 0 Å². The average molecular weight is 369 g/mol. The molecule has 0 unspecified atom stereocenters. The molecule has 0 aromatic carbocycles. The van der Waals surface area contributed by atoms with Crippen LogP contribution in [0, 0.1) is 0 Å². The molecular formula is C16H24N4O2S2. The molecule has 2 saturated carbocycles. The van der Waals surface area contributed by atoms with Gasteiger partial charge in [0.15, 0.2) is 4.34 Å². The van der Waals surface area contributed by atoms with Gasteiger partial charge in [-0.15, -0.1) is 10.2 Å². The highest BCUT2D eigenvalue weighted by molar-refractivity contribution is 8.01. The lowest BCUT2D eigenvalue weighted by molar-refractivity contribution is -0.119. The van der Waals surface area contributed by atoms with Crippen LogP contribution in [-0.4, -0.2) is 39.8 Å². The molecule has 1 heterocycles. The lowest BCUT2D eigenvalue weighted by Gasteiger charge is -2.16. The number of hydrogen-bond donors (Lipinski definition) is 1. The second-order valence-electron chi connectivity index (χ2n) is 6.52. The summed E-state index contributed by atoms with van der Waals surface area (Å²) in [4.78, 5) is 25.6. The minimum Gasteiger partial charge on any atom is -0.353 e. The Morgan fingerprint density at radius 3 is 2.50 bits per heavy atom. The summed E-state index contributed by atoms with van der Waals surface area (Å²) in [7, 11) is 0. The number of nitrogens with zero attached hydrogens (tertiary/aromatic N) is 3. The van der Waals surface area contributed by atoms with E-state index in [0.29, 0.717) is 16.9 Å². The normalized spacial score (nSPS) is 18.9. The molecule has 132 valence electrons. The van der Waals surface area contributed by atoms with Crippen molar-refractivity contribution in [1.29, 1.82) is 0 Å². The first-order valence-corrected chi connectivity index (χ1v) is 10.5. The fraction of sp³-hybridized carbons (Fsp3) is 0.750. The van der Waals surface area contributed by atoms with Crippen molar-refractivity contribution in [1.82, 2.24) is 15.5 Å². The van der Waals surface area contributed by atoms with Crippen LogP contribution in [0.15, 0.2) is 4.34 Å². The molecular weight excluding hydrogens is 344 g/mol. The van der Waals surface area contributed by atoms with Crippen molar-refractivity contribution in [3.05, 3.63) is 0 Å². The molecule has 0 spiro atoms. The minimum absolute atomic E-state index is 0.0105. The first-order chi connectivity index (χ1) is 11.6. The Bertz CT molecular complexity index is 580. The maximum Gasteiger partial charge on any atom is 0.230 e. The number of carbonyl (C=O) groups is 2. The molecule has 1 N–H and O–H groups in total. The molecule has 0 radical (unpaired) electrons. The monoisotopic (exact) mass is 368 g/mol. The van der Waals surface area contributed by atoms with E-state index in [1.807, 2.05) is 0 Å². The number of nitrogens with one attached hydrogen (secondary N) is 1. The van der Waals surface area contributed by atoms with E-state index in [1.54, 1.807) is 11.8 Å². The fourth-order valence-electron chi connectivity index (χ4n) is 3.06. The van der Waals surface area contributed by atoms with E-state index in [2.05, 4.69) is 15.5 Å². The van der Waals surface area contributed by atoms with E-state index < -0.39 is 0 Å². The molecule has 0 atom stereocenters. The van der Waals surface area contributed by atoms with Gasteiger partial charge < -0.3 is 5.32 Å². The zero-order valence-corrected chi connectivity index (χ0v) is 15.6. The van der Waals surface area contributed by atoms with Crippen molar-refractivity contribution in [2.75, 3.05) is 10.7 Å². The predicted molar refractivity (Wildman–Crippen MR) is 96.4 cm³/mol. The van der Waals surface area contributed by atoms with Crippen LogP contribution in [0.5, 0.6) is 0 Å². The van der Waals surface area contributed by atoms with Crippen LogP contribution < -0.4 is 10.2 Å². The van der Waals surface area contributed by atoms with E-state index in [-0.39, 0.29) is 17.9 Å². The van der Waals surface area contributed by atoms with Crippen molar-refractivity contribution in [2.45, 2.75) is 74.7 Å². The van der Waals surface area contributed by atoms with E-state index in [0.717, 1.165) is 30.0 Å². The second kappa shape index (κ2) is 8.29. The summed E-state index contributed by atoms with van der Waals surface area (Å²) in [5, 5.41) is 12.0. The maximum absolute atomic E-state index is 12.1. The Morgan fingerprint density at radius 2 is 1.88 bits per heavy atom. The summed E-state index contributed by atoms with van der Waals surface area (Å²) in [6, 6.07) is 0.612. The van der Waals surface area contributed by atoms with Crippen molar-refractivity contribution in [3.63, 3.8) is 0 Å². The topological polar surface area (TPSA) is 75.2 Å². The van der Waals surface area contributed by atoms with Crippen LogP contribution in [-0.2, 0) is 9.59 Å². The SMILES string of the molecule is CC(=O)N(c1nnc(SCC(=O)NC2CCCCCC2)s1)C1CC1. The quantitative estimate of drug-likeness (QED) is 0.475. The minimum atomic E-state index is 0.0105. The van der Waals surface area contributed by atoms with Crippen LogP contribution in [0.25, 0.3) is 0 Å². The number of thioether (sulfide) groups is 1. The zero-order valence-electron chi connectivity index (χ0n) is 14.0.